The van der Waals surface area contributed by atoms with Crippen LogP contribution in [0.15, 0.2) is 72.1 Å². The Morgan fingerprint density at radius 2 is 1.69 bits per heavy atom. The summed E-state index contributed by atoms with van der Waals surface area (Å²) in [5.74, 6) is -0.532. The van der Waals surface area contributed by atoms with Gasteiger partial charge >= 0.3 is 0 Å². The fraction of sp³-hybridized carbons (Fsp3) is 0.419. The molecular weight excluding hydrogens is 508 g/mol. The molecule has 3 aromatic rings. The number of fused-ring (bicyclic) bond motifs is 1. The minimum atomic E-state index is -0.462. The Kier molecular flexibility index (Phi) is 9.42. The lowest BCUT2D eigenvalue weighted by Crippen LogP contribution is -2.48. The number of hydrogen-bond acceptors (Lipinski definition) is 6. The maximum atomic E-state index is 13.8. The molecule has 39 heavy (non-hydrogen) atoms. The lowest BCUT2D eigenvalue weighted by Gasteiger charge is -2.41. The van der Waals surface area contributed by atoms with Gasteiger partial charge in [-0.1, -0.05) is 54.6 Å². The lowest BCUT2D eigenvalue weighted by atomic mass is 9.81. The van der Waals surface area contributed by atoms with Crippen LogP contribution in [0.5, 0.6) is 0 Å². The molecule has 1 saturated heterocycles. The van der Waals surface area contributed by atoms with E-state index >= 15 is 0 Å². The van der Waals surface area contributed by atoms with E-state index in [1.165, 1.54) is 5.56 Å². The molecule has 0 aliphatic carbocycles. The Bertz CT molecular complexity index is 1210. The van der Waals surface area contributed by atoms with Crippen molar-refractivity contribution in [3.05, 3.63) is 93.7 Å². The average molecular weight is 547 g/mol. The fourth-order valence-electron chi connectivity index (χ4n) is 5.72. The number of nitrogens with zero attached hydrogens (tertiary/aromatic N) is 3. The van der Waals surface area contributed by atoms with Crippen LogP contribution in [-0.2, 0) is 16.1 Å². The van der Waals surface area contributed by atoms with Crippen LogP contribution in [0.2, 0.25) is 0 Å². The summed E-state index contributed by atoms with van der Waals surface area (Å²) < 4.78 is 5.32. The second kappa shape index (κ2) is 13.3. The molecule has 1 fully saturated rings. The Morgan fingerprint density at radius 3 is 2.44 bits per heavy atom. The van der Waals surface area contributed by atoms with Crippen molar-refractivity contribution in [3.8, 4) is 0 Å². The van der Waals surface area contributed by atoms with E-state index in [0.717, 1.165) is 56.1 Å². The molecule has 1 aromatic heterocycles. The number of rotatable bonds is 11. The van der Waals surface area contributed by atoms with Gasteiger partial charge in [-0.15, -0.1) is 11.3 Å². The van der Waals surface area contributed by atoms with Crippen molar-refractivity contribution in [2.75, 3.05) is 59.5 Å². The minimum Gasteiger partial charge on any atom is -0.383 e. The zero-order valence-corrected chi connectivity index (χ0v) is 23.4. The normalized spacial score (nSPS) is 20.1. The number of methoxy groups -OCH3 is 1. The van der Waals surface area contributed by atoms with Crippen LogP contribution in [0.3, 0.4) is 0 Å². The van der Waals surface area contributed by atoms with E-state index < -0.39 is 5.92 Å². The van der Waals surface area contributed by atoms with Crippen molar-refractivity contribution in [3.63, 3.8) is 0 Å². The summed E-state index contributed by atoms with van der Waals surface area (Å²) in [6.45, 7) is 7.67. The second-order valence-electron chi connectivity index (χ2n) is 10.3. The number of benzene rings is 2. The van der Waals surface area contributed by atoms with Crippen molar-refractivity contribution in [2.45, 2.75) is 24.9 Å². The highest BCUT2D eigenvalue weighted by molar-refractivity contribution is 7.10. The molecule has 3 heterocycles. The Hall–Kier alpha value is -3.04. The van der Waals surface area contributed by atoms with Crippen molar-refractivity contribution < 1.29 is 14.3 Å². The van der Waals surface area contributed by atoms with Crippen molar-refractivity contribution in [1.29, 1.82) is 0 Å². The van der Waals surface area contributed by atoms with Crippen LogP contribution in [0, 0.1) is 0 Å². The first-order chi connectivity index (χ1) is 19.2. The van der Waals surface area contributed by atoms with Crippen LogP contribution in [0.4, 0.5) is 0 Å². The Labute approximate surface area is 235 Å². The highest BCUT2D eigenvalue weighted by atomic mass is 32.1. The molecule has 8 heteroatoms. The Morgan fingerprint density at radius 1 is 0.949 bits per heavy atom. The number of carbonyl (C=O) groups is 2. The summed E-state index contributed by atoms with van der Waals surface area (Å²) in [7, 11) is 1.63. The number of nitrogens with one attached hydrogen (secondary N) is 1. The molecule has 2 aliphatic heterocycles. The predicted molar refractivity (Wildman–Crippen MR) is 155 cm³/mol. The van der Waals surface area contributed by atoms with Gasteiger partial charge < -0.3 is 19.9 Å². The minimum absolute atomic E-state index is 0.0246. The van der Waals surface area contributed by atoms with Crippen LogP contribution < -0.4 is 5.32 Å². The van der Waals surface area contributed by atoms with Gasteiger partial charge in [-0.3, -0.25) is 14.5 Å². The molecule has 0 unspecified atom stereocenters. The van der Waals surface area contributed by atoms with Gasteiger partial charge in [0.25, 0.3) is 5.91 Å². The number of piperazine rings is 1. The van der Waals surface area contributed by atoms with Gasteiger partial charge in [-0.05, 0) is 41.6 Å². The van der Waals surface area contributed by atoms with Crippen LogP contribution in [0.1, 0.15) is 44.7 Å². The molecule has 0 radical (unpaired) electrons. The van der Waals surface area contributed by atoms with Gasteiger partial charge in [0.05, 0.1) is 18.6 Å². The largest absolute Gasteiger partial charge is 0.383 e. The standard InChI is InChI=1S/C31H38N4O3S/c1-38-21-20-35-29(27-13-7-22-39-27)28(25-11-5-6-12-26(25)31(35)37)30(36)32-14-8-15-33-16-18-34(19-17-33)23-24-9-3-2-4-10-24/h2-7,9-13,22,28-29H,8,14-21,23H2,1H3,(H,32,36)/t28-,29+/m1/s1. The third-order valence-corrected chi connectivity index (χ3v) is 8.70. The van der Waals surface area contributed by atoms with E-state index in [9.17, 15) is 9.59 Å². The molecule has 0 saturated carbocycles. The third kappa shape index (κ3) is 6.58. The van der Waals surface area contributed by atoms with E-state index in [1.807, 2.05) is 46.7 Å². The van der Waals surface area contributed by atoms with E-state index in [-0.39, 0.29) is 17.9 Å². The Balaban J connectivity index is 1.19. The zero-order valence-electron chi connectivity index (χ0n) is 22.6. The first-order valence-electron chi connectivity index (χ1n) is 13.8. The first kappa shape index (κ1) is 27.5. The molecular formula is C31H38N4O3S. The lowest BCUT2D eigenvalue weighted by molar-refractivity contribution is -0.124. The summed E-state index contributed by atoms with van der Waals surface area (Å²) in [5.41, 5.74) is 2.78. The monoisotopic (exact) mass is 546 g/mol. The number of ether oxygens (including phenoxy) is 1. The van der Waals surface area contributed by atoms with Gasteiger partial charge in [0.2, 0.25) is 5.91 Å². The molecule has 2 aliphatic rings. The van der Waals surface area contributed by atoms with Crippen molar-refractivity contribution in [1.82, 2.24) is 20.0 Å². The van der Waals surface area contributed by atoms with Gasteiger partial charge in [0.1, 0.15) is 0 Å². The molecule has 7 nitrogen and oxygen atoms in total. The summed E-state index contributed by atoms with van der Waals surface area (Å²) in [4.78, 5) is 35.1. The SMILES string of the molecule is COCCN1C(=O)c2ccccc2[C@@H](C(=O)NCCCN2CCN(Cc3ccccc3)CC2)[C@@H]1c1cccs1. The van der Waals surface area contributed by atoms with E-state index in [4.69, 9.17) is 4.74 Å². The van der Waals surface area contributed by atoms with Gasteiger partial charge in [-0.2, -0.15) is 0 Å². The van der Waals surface area contributed by atoms with Crippen LogP contribution >= 0.6 is 11.3 Å². The zero-order chi connectivity index (χ0) is 27.0. The van der Waals surface area contributed by atoms with Crippen molar-refractivity contribution in [2.24, 2.45) is 0 Å². The maximum absolute atomic E-state index is 13.8. The summed E-state index contributed by atoms with van der Waals surface area (Å²) in [6, 6.07) is 21.8. The van der Waals surface area contributed by atoms with Gasteiger partial charge in [0.15, 0.2) is 0 Å². The molecule has 206 valence electrons. The highest BCUT2D eigenvalue weighted by Crippen LogP contribution is 2.44. The summed E-state index contributed by atoms with van der Waals surface area (Å²) in [6.07, 6.45) is 0.898. The average Bonchev–Trinajstić information content (AvgIpc) is 3.51. The van der Waals surface area contributed by atoms with Crippen molar-refractivity contribution >= 4 is 23.2 Å². The molecule has 2 atom stereocenters. The quantitative estimate of drug-likeness (QED) is 0.369. The first-order valence-corrected chi connectivity index (χ1v) is 14.7. The van der Waals surface area contributed by atoms with E-state index in [0.29, 0.717) is 25.3 Å². The van der Waals surface area contributed by atoms with Crippen LogP contribution in [-0.4, -0.2) is 86.0 Å². The smallest absolute Gasteiger partial charge is 0.254 e. The molecule has 0 spiro atoms. The van der Waals surface area contributed by atoms with Gasteiger partial charge in [-0.25, -0.2) is 0 Å². The summed E-state index contributed by atoms with van der Waals surface area (Å²) >= 11 is 1.59. The molecule has 5 rings (SSSR count). The predicted octanol–water partition coefficient (Wildman–Crippen LogP) is 4.00. The molecule has 2 aromatic carbocycles. The number of thiophene rings is 1. The third-order valence-electron chi connectivity index (χ3n) is 7.76. The topological polar surface area (TPSA) is 65.1 Å². The fourth-order valence-corrected chi connectivity index (χ4v) is 6.60. The molecule has 2 amide bonds. The molecule has 0 bridgehead atoms. The van der Waals surface area contributed by atoms with Crippen LogP contribution in [0.25, 0.3) is 0 Å². The summed E-state index contributed by atoms with van der Waals surface area (Å²) in [5, 5.41) is 5.22. The number of carbonyl (C=O) groups excluding carboxylic acids is 2. The second-order valence-corrected chi connectivity index (χ2v) is 11.2. The molecule has 1 N–H and O–H groups in total. The highest BCUT2D eigenvalue weighted by Gasteiger charge is 2.44. The maximum Gasteiger partial charge on any atom is 0.254 e. The number of hydrogen-bond donors (Lipinski definition) is 1. The van der Waals surface area contributed by atoms with E-state index in [2.05, 4.69) is 45.4 Å². The van der Waals surface area contributed by atoms with E-state index in [1.54, 1.807) is 18.4 Å². The van der Waals surface area contributed by atoms with Gasteiger partial charge in [0, 0.05) is 63.4 Å². The number of amides is 2.